The smallest absolute Gasteiger partial charge is 0.355 e. The highest BCUT2D eigenvalue weighted by atomic mass is 19.4. The Balaban J connectivity index is 1.33. The number of alkyl halides is 5. The minimum Gasteiger partial charge on any atom is -0.355 e. The molecule has 0 radical (unpaired) electrons. The Morgan fingerprint density at radius 2 is 1.79 bits per heavy atom. The molecule has 5 rings (SSSR count). The molecule has 13 heteroatoms. The fourth-order valence-electron chi connectivity index (χ4n) is 4.74. The van der Waals surface area contributed by atoms with Crippen molar-refractivity contribution in [1.82, 2.24) is 24.7 Å². The van der Waals surface area contributed by atoms with Crippen LogP contribution in [-0.4, -0.2) is 56.7 Å². The van der Waals surface area contributed by atoms with Gasteiger partial charge in [-0.05, 0) is 31.4 Å². The zero-order valence-corrected chi connectivity index (χ0v) is 17.8. The Bertz CT molecular complexity index is 1220. The summed E-state index contributed by atoms with van der Waals surface area (Å²) in [5.74, 6) is -0.236. The average molecular weight is 481 g/mol. The first-order chi connectivity index (χ1) is 16.2. The Labute approximate surface area is 190 Å². The molecule has 0 bridgehead atoms. The molecule has 0 aromatic carbocycles. The van der Waals surface area contributed by atoms with Crippen LogP contribution in [0.1, 0.15) is 24.8 Å². The molecule has 2 saturated heterocycles. The van der Waals surface area contributed by atoms with Crippen LogP contribution < -0.4 is 9.80 Å². The van der Waals surface area contributed by atoms with Gasteiger partial charge in [0.05, 0.1) is 23.4 Å². The second-order valence-electron chi connectivity index (χ2n) is 8.50. The van der Waals surface area contributed by atoms with Crippen molar-refractivity contribution in [2.24, 2.45) is 5.41 Å². The van der Waals surface area contributed by atoms with Crippen LogP contribution in [0.3, 0.4) is 0 Å². The van der Waals surface area contributed by atoms with E-state index >= 15 is 0 Å². The molecule has 2 aliphatic heterocycles. The Kier molecular flexibility index (Phi) is 5.36. The summed E-state index contributed by atoms with van der Waals surface area (Å²) in [6.07, 6.45) is -1.77. The summed E-state index contributed by atoms with van der Waals surface area (Å²) in [5, 5.41) is 3.91. The molecule has 1 spiro atoms. The van der Waals surface area contributed by atoms with Crippen molar-refractivity contribution >= 4 is 28.7 Å². The number of aromatic nitrogens is 5. The van der Waals surface area contributed by atoms with Gasteiger partial charge < -0.3 is 4.90 Å². The SMILES string of the molecule is O=C1N(c2ncccc2C(F)(F)F)CCC12CCN(c1cnc3cnn(CC(F)F)c3n1)CC2. The highest BCUT2D eigenvalue weighted by Crippen LogP contribution is 2.45. The van der Waals surface area contributed by atoms with E-state index in [0.717, 1.165) is 15.6 Å². The lowest BCUT2D eigenvalue weighted by Crippen LogP contribution is -2.45. The molecule has 0 atom stereocenters. The molecular weight excluding hydrogens is 461 g/mol. The van der Waals surface area contributed by atoms with E-state index in [1.807, 2.05) is 4.90 Å². The van der Waals surface area contributed by atoms with Gasteiger partial charge in [0.15, 0.2) is 5.65 Å². The number of carbonyl (C=O) groups is 1. The van der Waals surface area contributed by atoms with Crippen LogP contribution >= 0.6 is 0 Å². The van der Waals surface area contributed by atoms with E-state index in [0.29, 0.717) is 43.7 Å². The molecule has 0 saturated carbocycles. The van der Waals surface area contributed by atoms with Crippen molar-refractivity contribution < 1.29 is 26.7 Å². The molecule has 1 amide bonds. The van der Waals surface area contributed by atoms with E-state index in [1.165, 1.54) is 24.7 Å². The number of anilines is 2. The Morgan fingerprint density at radius 3 is 2.50 bits per heavy atom. The van der Waals surface area contributed by atoms with Gasteiger partial charge in [0, 0.05) is 25.8 Å². The highest BCUT2D eigenvalue weighted by Gasteiger charge is 2.50. The van der Waals surface area contributed by atoms with Crippen LogP contribution in [0.5, 0.6) is 0 Å². The lowest BCUT2D eigenvalue weighted by molar-refractivity contribution is -0.137. The molecule has 5 heterocycles. The summed E-state index contributed by atoms with van der Waals surface area (Å²) in [7, 11) is 0. The fourth-order valence-corrected chi connectivity index (χ4v) is 4.74. The number of hydrogen-bond donors (Lipinski definition) is 0. The predicted molar refractivity (Wildman–Crippen MR) is 111 cm³/mol. The molecular formula is C21H20F5N7O. The lowest BCUT2D eigenvalue weighted by atomic mass is 9.77. The fraction of sp³-hybridized carbons (Fsp3) is 0.476. The van der Waals surface area contributed by atoms with Crippen LogP contribution in [0.2, 0.25) is 0 Å². The molecule has 3 aromatic rings. The second kappa shape index (κ2) is 8.13. The number of piperidine rings is 1. The standard InChI is InChI=1S/C21H20F5N7O/c22-15(23)12-33-18-14(10-29-33)28-11-16(30-18)31-7-3-20(4-8-31)5-9-32(19(20)34)17-13(21(24,25)26)2-1-6-27-17/h1-2,6,10-11,15H,3-5,7-9,12H2. The molecule has 0 N–H and O–H groups in total. The molecule has 2 fully saturated rings. The molecule has 8 nitrogen and oxygen atoms in total. The monoisotopic (exact) mass is 481 g/mol. The van der Waals surface area contributed by atoms with Gasteiger partial charge >= 0.3 is 6.18 Å². The number of halogens is 5. The van der Waals surface area contributed by atoms with Crippen molar-refractivity contribution in [1.29, 1.82) is 0 Å². The summed E-state index contributed by atoms with van der Waals surface area (Å²) < 4.78 is 67.0. The van der Waals surface area contributed by atoms with Gasteiger partial charge in [0.1, 0.15) is 23.7 Å². The summed E-state index contributed by atoms with van der Waals surface area (Å²) in [4.78, 5) is 28.9. The zero-order valence-electron chi connectivity index (χ0n) is 17.8. The number of pyridine rings is 1. The molecule has 34 heavy (non-hydrogen) atoms. The number of fused-ring (bicyclic) bond motifs is 1. The third kappa shape index (κ3) is 3.82. The Hall–Kier alpha value is -3.38. The summed E-state index contributed by atoms with van der Waals surface area (Å²) >= 11 is 0. The first kappa shape index (κ1) is 22.4. The van der Waals surface area contributed by atoms with Crippen LogP contribution in [0.15, 0.2) is 30.7 Å². The van der Waals surface area contributed by atoms with E-state index < -0.39 is 30.1 Å². The normalized spacial score (nSPS) is 18.6. The zero-order chi connectivity index (χ0) is 24.1. The number of nitrogens with zero attached hydrogens (tertiary/aromatic N) is 7. The number of amides is 1. The van der Waals surface area contributed by atoms with Gasteiger partial charge in [-0.1, -0.05) is 0 Å². The summed E-state index contributed by atoms with van der Waals surface area (Å²) in [6.45, 7) is 0.425. The van der Waals surface area contributed by atoms with E-state index in [-0.39, 0.29) is 23.9 Å². The molecule has 0 aliphatic carbocycles. The van der Waals surface area contributed by atoms with Gasteiger partial charge in [0.25, 0.3) is 6.43 Å². The maximum atomic E-state index is 13.4. The maximum Gasteiger partial charge on any atom is 0.419 e. The van der Waals surface area contributed by atoms with Gasteiger partial charge in [-0.2, -0.15) is 18.3 Å². The van der Waals surface area contributed by atoms with E-state index in [1.54, 1.807) is 0 Å². The predicted octanol–water partition coefficient (Wildman–Crippen LogP) is 3.53. The number of rotatable bonds is 4. The molecule has 0 unspecified atom stereocenters. The molecule has 180 valence electrons. The van der Waals surface area contributed by atoms with Gasteiger partial charge in [0.2, 0.25) is 5.91 Å². The van der Waals surface area contributed by atoms with Crippen LogP contribution in [0.4, 0.5) is 33.6 Å². The van der Waals surface area contributed by atoms with Gasteiger partial charge in [-0.25, -0.2) is 28.4 Å². The van der Waals surface area contributed by atoms with Gasteiger partial charge in [-0.15, -0.1) is 0 Å². The van der Waals surface area contributed by atoms with Crippen molar-refractivity contribution in [3.63, 3.8) is 0 Å². The second-order valence-corrected chi connectivity index (χ2v) is 8.50. The van der Waals surface area contributed by atoms with Crippen LogP contribution in [0, 0.1) is 5.41 Å². The van der Waals surface area contributed by atoms with E-state index in [4.69, 9.17) is 0 Å². The van der Waals surface area contributed by atoms with Crippen molar-refractivity contribution in [3.8, 4) is 0 Å². The third-order valence-corrected chi connectivity index (χ3v) is 6.55. The van der Waals surface area contributed by atoms with Gasteiger partial charge in [-0.3, -0.25) is 9.69 Å². The van der Waals surface area contributed by atoms with Crippen molar-refractivity contribution in [2.45, 2.75) is 38.4 Å². The largest absolute Gasteiger partial charge is 0.419 e. The summed E-state index contributed by atoms with van der Waals surface area (Å²) in [5.41, 5.74) is -1.06. The first-order valence-corrected chi connectivity index (χ1v) is 10.7. The molecule has 2 aliphatic rings. The molecule has 3 aromatic heterocycles. The third-order valence-electron chi connectivity index (χ3n) is 6.55. The lowest BCUT2D eigenvalue weighted by Gasteiger charge is -2.38. The summed E-state index contributed by atoms with van der Waals surface area (Å²) in [6, 6.07) is 2.13. The average Bonchev–Trinajstić information content (AvgIpc) is 3.34. The van der Waals surface area contributed by atoms with Crippen LogP contribution in [0.25, 0.3) is 11.2 Å². The van der Waals surface area contributed by atoms with Crippen LogP contribution in [-0.2, 0) is 17.5 Å². The van der Waals surface area contributed by atoms with E-state index in [9.17, 15) is 26.7 Å². The minimum atomic E-state index is -4.61. The van der Waals surface area contributed by atoms with E-state index in [2.05, 4.69) is 20.1 Å². The van der Waals surface area contributed by atoms with Crippen molar-refractivity contribution in [2.75, 3.05) is 29.4 Å². The maximum absolute atomic E-state index is 13.4. The first-order valence-electron chi connectivity index (χ1n) is 10.7. The highest BCUT2D eigenvalue weighted by molar-refractivity contribution is 6.00. The quantitative estimate of drug-likeness (QED) is 0.531. The topological polar surface area (TPSA) is 80.0 Å². The number of hydrogen-bond acceptors (Lipinski definition) is 6. The number of carbonyl (C=O) groups excluding carboxylic acids is 1. The van der Waals surface area contributed by atoms with Crippen molar-refractivity contribution in [3.05, 3.63) is 36.3 Å². The minimum absolute atomic E-state index is 0.164. The Morgan fingerprint density at radius 1 is 1.06 bits per heavy atom.